The van der Waals surface area contributed by atoms with Gasteiger partial charge in [-0.3, -0.25) is 19.2 Å². The quantitative estimate of drug-likeness (QED) is 0.178. The number of methoxy groups -OCH3 is 2. The summed E-state index contributed by atoms with van der Waals surface area (Å²) in [5.41, 5.74) is 4.83. The standard InChI is InChI=1S/C53H74N8O9/c1-33-32-36(55-47(63)43-13-11-27-60(43)49(65)45(53(5,6)7)57-51(67)69-9)18-23-39(33)41-25-24-40(61(41)38-21-19-37(20-22-38)58-28-30-70-31-29-58)34-14-16-35(17-15-34)54-46(62)42-12-10-26-59(42)48(64)44(52(2,3)4)56-50(66)68-8/h14-23,33,40-45H,10-13,24-32H2,1-9H3,(H,54,62)(H,55,63)(H,56,66)(H,57,67)/t33?,40-,41-,42+,43+,44-,45-/m1/s1. The van der Waals surface area contributed by atoms with Gasteiger partial charge in [0.25, 0.3) is 0 Å². The first-order valence-electron chi connectivity index (χ1n) is 24.9. The molecule has 2 aromatic rings. The Labute approximate surface area is 413 Å². The van der Waals surface area contributed by atoms with E-state index in [0.29, 0.717) is 64.1 Å². The summed E-state index contributed by atoms with van der Waals surface area (Å²) >= 11 is 0. The number of nitrogens with one attached hydrogen (secondary N) is 4. The average Bonchev–Trinajstić information content (AvgIpc) is 4.13. The third-order valence-corrected chi connectivity index (χ3v) is 14.5. The van der Waals surface area contributed by atoms with Crippen molar-refractivity contribution in [1.29, 1.82) is 0 Å². The molecule has 0 spiro atoms. The van der Waals surface area contributed by atoms with Crippen molar-refractivity contribution >= 4 is 52.9 Å². The molecule has 5 aliphatic rings. The van der Waals surface area contributed by atoms with E-state index in [0.717, 1.165) is 48.6 Å². The molecule has 1 unspecified atom stereocenters. The van der Waals surface area contributed by atoms with Gasteiger partial charge in [0.1, 0.15) is 24.2 Å². The molecule has 7 atom stereocenters. The van der Waals surface area contributed by atoms with Crippen molar-refractivity contribution < 1.29 is 43.0 Å². The van der Waals surface area contributed by atoms with Crippen molar-refractivity contribution in [2.24, 2.45) is 16.7 Å². The normalized spacial score (nSPS) is 23.7. The van der Waals surface area contributed by atoms with E-state index in [-0.39, 0.29) is 41.6 Å². The van der Waals surface area contributed by atoms with Crippen molar-refractivity contribution in [1.82, 2.24) is 25.8 Å². The average molecular weight is 967 g/mol. The zero-order valence-electron chi connectivity index (χ0n) is 42.5. The van der Waals surface area contributed by atoms with Crippen LogP contribution >= 0.6 is 0 Å². The molecule has 17 nitrogen and oxygen atoms in total. The van der Waals surface area contributed by atoms with E-state index >= 15 is 0 Å². The van der Waals surface area contributed by atoms with Crippen LogP contribution in [0.4, 0.5) is 26.7 Å². The molecule has 0 saturated carbocycles. The molecule has 6 amide bonds. The highest BCUT2D eigenvalue weighted by Gasteiger charge is 2.45. The molecular weight excluding hydrogens is 893 g/mol. The van der Waals surface area contributed by atoms with Crippen molar-refractivity contribution in [2.75, 3.05) is 68.7 Å². The van der Waals surface area contributed by atoms with E-state index in [1.54, 1.807) is 9.80 Å². The fraction of sp³-hybridized carbons (Fsp3) is 0.585. The molecule has 7 rings (SSSR count). The van der Waals surface area contributed by atoms with Gasteiger partial charge in [-0.1, -0.05) is 66.7 Å². The summed E-state index contributed by atoms with van der Waals surface area (Å²) in [4.78, 5) is 87.9. The molecule has 4 N–H and O–H groups in total. The predicted molar refractivity (Wildman–Crippen MR) is 268 cm³/mol. The van der Waals surface area contributed by atoms with Crippen LogP contribution in [0.5, 0.6) is 0 Å². The Morgan fingerprint density at radius 3 is 1.63 bits per heavy atom. The van der Waals surface area contributed by atoms with Gasteiger partial charge in [0.2, 0.25) is 23.6 Å². The van der Waals surface area contributed by atoms with Gasteiger partial charge in [-0.05, 0) is 115 Å². The maximum Gasteiger partial charge on any atom is 0.407 e. The molecule has 380 valence electrons. The summed E-state index contributed by atoms with van der Waals surface area (Å²) in [5.74, 6) is -1.02. The first-order chi connectivity index (χ1) is 33.3. The Balaban J connectivity index is 1.08. The summed E-state index contributed by atoms with van der Waals surface area (Å²) in [5, 5.41) is 11.6. The topological polar surface area (TPSA) is 191 Å². The minimum absolute atomic E-state index is 0.0261. The van der Waals surface area contributed by atoms with Crippen LogP contribution in [0.3, 0.4) is 0 Å². The molecule has 4 fully saturated rings. The van der Waals surface area contributed by atoms with E-state index in [1.165, 1.54) is 19.8 Å². The molecule has 4 heterocycles. The van der Waals surface area contributed by atoms with Crippen LogP contribution < -0.4 is 31.1 Å². The molecule has 1 aliphatic carbocycles. The maximum atomic E-state index is 13.9. The number of likely N-dealkylation sites (tertiary alicyclic amines) is 2. The largest absolute Gasteiger partial charge is 0.453 e. The zero-order chi connectivity index (χ0) is 50.5. The second-order valence-corrected chi connectivity index (χ2v) is 21.4. The number of alkyl carbamates (subject to hydrolysis) is 2. The second-order valence-electron chi connectivity index (χ2n) is 21.4. The van der Waals surface area contributed by atoms with Gasteiger partial charge >= 0.3 is 12.2 Å². The van der Waals surface area contributed by atoms with Crippen LogP contribution in [0.1, 0.15) is 105 Å². The summed E-state index contributed by atoms with van der Waals surface area (Å²) in [6.45, 7) is 17.3. The number of nitrogens with zero attached hydrogens (tertiary/aromatic N) is 4. The number of morpholine rings is 1. The fourth-order valence-corrected chi connectivity index (χ4v) is 10.7. The van der Waals surface area contributed by atoms with Gasteiger partial charge in [-0.2, -0.15) is 0 Å². The Kier molecular flexibility index (Phi) is 16.2. The minimum atomic E-state index is -0.869. The number of carbonyl (C=O) groups excluding carboxylic acids is 6. The molecule has 0 bridgehead atoms. The van der Waals surface area contributed by atoms with Crippen molar-refractivity contribution in [3.8, 4) is 0 Å². The van der Waals surface area contributed by atoms with Crippen molar-refractivity contribution in [3.05, 3.63) is 77.5 Å². The minimum Gasteiger partial charge on any atom is -0.453 e. The molecule has 0 aromatic heterocycles. The molecular formula is C53H74N8O9. The Hall–Kier alpha value is -6.10. The molecule has 70 heavy (non-hydrogen) atoms. The van der Waals surface area contributed by atoms with E-state index in [2.05, 4.69) is 80.5 Å². The van der Waals surface area contributed by atoms with Gasteiger partial charge in [0, 0.05) is 48.9 Å². The Bertz CT molecular complexity index is 2300. The van der Waals surface area contributed by atoms with Crippen LogP contribution in [0.25, 0.3) is 0 Å². The molecule has 2 aromatic carbocycles. The number of carbonyl (C=O) groups is 6. The first-order valence-corrected chi connectivity index (χ1v) is 24.9. The number of amides is 6. The van der Waals surface area contributed by atoms with Crippen molar-refractivity contribution in [3.63, 3.8) is 0 Å². The maximum absolute atomic E-state index is 13.9. The summed E-state index contributed by atoms with van der Waals surface area (Å²) < 4.78 is 15.2. The lowest BCUT2D eigenvalue weighted by Gasteiger charge is -2.38. The van der Waals surface area contributed by atoms with Gasteiger partial charge in [0.05, 0.1) is 39.5 Å². The highest BCUT2D eigenvalue weighted by molar-refractivity contribution is 5.99. The SMILES string of the molecule is COC(=O)N[C@H](C(=O)N1CCC[C@H]1C(=O)NC1=CC=C([C@H]2CC[C@H](c3ccc(NC(=O)[C@@H]4CCCN4C(=O)[C@@H](NC(=O)OC)C(C)(C)C)cc3)N2c2ccc(N3CCOCC3)cc2)C(C)C1)C(C)(C)C. The second kappa shape index (κ2) is 21.9. The van der Waals surface area contributed by atoms with E-state index in [9.17, 15) is 28.8 Å². The number of hydrogen-bond donors (Lipinski definition) is 4. The number of anilines is 3. The highest BCUT2D eigenvalue weighted by atomic mass is 16.5. The summed E-state index contributed by atoms with van der Waals surface area (Å²) in [6, 6.07) is 13.8. The molecule has 4 aliphatic heterocycles. The van der Waals surface area contributed by atoms with Crippen LogP contribution in [0.2, 0.25) is 0 Å². The third kappa shape index (κ3) is 11.7. The van der Waals surface area contributed by atoms with Gasteiger partial charge in [-0.25, -0.2) is 9.59 Å². The number of benzene rings is 2. The van der Waals surface area contributed by atoms with Crippen LogP contribution in [0, 0.1) is 16.7 Å². The fourth-order valence-electron chi connectivity index (χ4n) is 10.7. The predicted octanol–water partition coefficient (Wildman–Crippen LogP) is 6.66. The number of rotatable bonds is 12. The third-order valence-electron chi connectivity index (χ3n) is 14.5. The first kappa shape index (κ1) is 51.7. The highest BCUT2D eigenvalue weighted by Crippen LogP contribution is 2.46. The summed E-state index contributed by atoms with van der Waals surface area (Å²) in [7, 11) is 2.52. The monoisotopic (exact) mass is 967 g/mol. The lowest BCUT2D eigenvalue weighted by atomic mass is 9.85. The number of ether oxygens (including phenoxy) is 3. The van der Waals surface area contributed by atoms with Crippen molar-refractivity contribution in [2.45, 2.75) is 130 Å². The van der Waals surface area contributed by atoms with E-state index in [1.807, 2.05) is 59.8 Å². The van der Waals surface area contributed by atoms with E-state index in [4.69, 9.17) is 14.2 Å². The number of allylic oxidation sites excluding steroid dienone is 3. The molecule has 4 saturated heterocycles. The van der Waals surface area contributed by atoms with Gasteiger partial charge in [0.15, 0.2) is 0 Å². The van der Waals surface area contributed by atoms with E-state index < -0.39 is 47.2 Å². The smallest absolute Gasteiger partial charge is 0.407 e. The molecule has 17 heteroatoms. The van der Waals surface area contributed by atoms with Crippen LogP contribution in [-0.2, 0) is 33.4 Å². The van der Waals surface area contributed by atoms with Gasteiger partial charge < -0.3 is 55.1 Å². The Morgan fingerprint density at radius 1 is 0.629 bits per heavy atom. The molecule has 0 radical (unpaired) electrons. The lowest BCUT2D eigenvalue weighted by Crippen LogP contribution is -2.57. The zero-order valence-corrected chi connectivity index (χ0v) is 42.5. The lowest BCUT2D eigenvalue weighted by molar-refractivity contribution is -0.141. The van der Waals surface area contributed by atoms with Crippen LogP contribution in [-0.4, -0.2) is 129 Å². The van der Waals surface area contributed by atoms with Crippen LogP contribution in [0.15, 0.2) is 72.0 Å². The Morgan fingerprint density at radius 2 is 1.13 bits per heavy atom. The van der Waals surface area contributed by atoms with Gasteiger partial charge in [-0.15, -0.1) is 0 Å². The summed E-state index contributed by atoms with van der Waals surface area (Å²) in [6.07, 6.45) is 7.58. The number of hydrogen-bond acceptors (Lipinski definition) is 11.